The van der Waals surface area contributed by atoms with E-state index in [0.717, 1.165) is 36.5 Å². The summed E-state index contributed by atoms with van der Waals surface area (Å²) in [6.07, 6.45) is 2.63. The van der Waals surface area contributed by atoms with Crippen molar-refractivity contribution in [3.63, 3.8) is 0 Å². The minimum atomic E-state index is -4.67. The fourth-order valence-electron chi connectivity index (χ4n) is 5.72. The van der Waals surface area contributed by atoms with Crippen LogP contribution in [0, 0.1) is 0 Å². The van der Waals surface area contributed by atoms with Crippen LogP contribution >= 0.6 is 0 Å². The summed E-state index contributed by atoms with van der Waals surface area (Å²) in [6, 6.07) is 18.1. The van der Waals surface area contributed by atoms with Crippen LogP contribution in [0.4, 0.5) is 18.9 Å². The molecule has 0 radical (unpaired) electrons. The van der Waals surface area contributed by atoms with Crippen molar-refractivity contribution in [1.29, 1.82) is 0 Å². The number of unbranched alkanes of at least 4 members (excludes halogenated alkanes) is 1. The molecule has 1 aliphatic carbocycles. The molecule has 1 atom stereocenters. The van der Waals surface area contributed by atoms with Gasteiger partial charge in [0.05, 0.1) is 24.5 Å². The molecule has 46 heavy (non-hydrogen) atoms. The first-order chi connectivity index (χ1) is 22.0. The third-order valence-electron chi connectivity index (χ3n) is 8.32. The number of carboxylic acids is 1. The second-order valence-electron chi connectivity index (χ2n) is 11.8. The van der Waals surface area contributed by atoms with Crippen LogP contribution in [-0.2, 0) is 22.2 Å². The SMILES string of the molecule is CCCCOc1ccc(NC(=O)C(Cc2ccc(C(=O)NCCC(=O)O)cc2)c2ccc(C3CCCCC3)cc2)cc1C(F)(F)F. The monoisotopic (exact) mass is 638 g/mol. The fourth-order valence-corrected chi connectivity index (χ4v) is 5.72. The van der Waals surface area contributed by atoms with Crippen LogP contribution in [0.1, 0.15) is 103 Å². The molecule has 0 heterocycles. The van der Waals surface area contributed by atoms with E-state index in [2.05, 4.69) is 10.6 Å². The summed E-state index contributed by atoms with van der Waals surface area (Å²) in [5.74, 6) is -2.43. The molecule has 246 valence electrons. The van der Waals surface area contributed by atoms with Crippen molar-refractivity contribution in [3.8, 4) is 5.75 Å². The quantitative estimate of drug-likeness (QED) is 0.155. The van der Waals surface area contributed by atoms with E-state index in [9.17, 15) is 27.6 Å². The molecule has 0 bridgehead atoms. The highest BCUT2D eigenvalue weighted by molar-refractivity contribution is 5.96. The molecule has 0 saturated heterocycles. The van der Waals surface area contributed by atoms with Crippen LogP contribution in [0.5, 0.6) is 5.75 Å². The van der Waals surface area contributed by atoms with Gasteiger partial charge >= 0.3 is 12.1 Å². The standard InChI is InChI=1S/C36H41F3N2O5/c1-2-3-21-46-32-18-17-29(23-31(32)36(37,38)39)41-35(45)30(27-15-13-26(14-16-27)25-7-5-4-6-8-25)22-24-9-11-28(12-10-24)34(44)40-20-19-33(42)43/h9-18,23,25,30H,2-8,19-22H2,1H3,(H,40,44)(H,41,45)(H,42,43). The van der Waals surface area contributed by atoms with Gasteiger partial charge in [0.2, 0.25) is 5.91 Å². The lowest BCUT2D eigenvalue weighted by molar-refractivity contribution is -0.139. The summed E-state index contributed by atoms with van der Waals surface area (Å²) in [6.45, 7) is 2.08. The number of benzene rings is 3. The molecule has 0 aromatic heterocycles. The first kappa shape index (κ1) is 34.5. The molecular formula is C36H41F3N2O5. The summed E-state index contributed by atoms with van der Waals surface area (Å²) >= 11 is 0. The lowest BCUT2D eigenvalue weighted by Crippen LogP contribution is -2.26. The van der Waals surface area contributed by atoms with Gasteiger partial charge in [0, 0.05) is 17.8 Å². The number of carbonyl (C=O) groups is 3. The largest absolute Gasteiger partial charge is 0.493 e. The van der Waals surface area contributed by atoms with E-state index < -0.39 is 35.4 Å². The molecule has 4 rings (SSSR count). The molecule has 10 heteroatoms. The summed E-state index contributed by atoms with van der Waals surface area (Å²) in [4.78, 5) is 36.9. The summed E-state index contributed by atoms with van der Waals surface area (Å²) in [5.41, 5.74) is 2.09. The number of anilines is 1. The minimum absolute atomic E-state index is 0.00306. The van der Waals surface area contributed by atoms with Gasteiger partial charge in [-0.2, -0.15) is 13.2 Å². The smallest absolute Gasteiger partial charge is 0.420 e. The van der Waals surface area contributed by atoms with E-state index in [1.54, 1.807) is 24.3 Å². The van der Waals surface area contributed by atoms with Crippen molar-refractivity contribution < 1.29 is 37.4 Å². The Morgan fingerprint density at radius 2 is 1.65 bits per heavy atom. The molecule has 3 aromatic carbocycles. The van der Waals surface area contributed by atoms with E-state index in [0.29, 0.717) is 17.9 Å². The highest BCUT2D eigenvalue weighted by Crippen LogP contribution is 2.39. The van der Waals surface area contributed by atoms with Gasteiger partial charge in [0.1, 0.15) is 5.75 Å². The van der Waals surface area contributed by atoms with Gasteiger partial charge in [-0.3, -0.25) is 14.4 Å². The number of halogens is 3. The van der Waals surface area contributed by atoms with Crippen molar-refractivity contribution >= 4 is 23.5 Å². The van der Waals surface area contributed by atoms with Crippen LogP contribution in [0.25, 0.3) is 0 Å². The van der Waals surface area contributed by atoms with Crippen molar-refractivity contribution in [2.45, 2.75) is 82.7 Å². The third kappa shape index (κ3) is 9.83. The maximum Gasteiger partial charge on any atom is 0.420 e. The van der Waals surface area contributed by atoms with Crippen molar-refractivity contribution in [2.24, 2.45) is 0 Å². The number of aliphatic carboxylic acids is 1. The molecule has 0 spiro atoms. The van der Waals surface area contributed by atoms with E-state index in [4.69, 9.17) is 9.84 Å². The average molecular weight is 639 g/mol. The van der Waals surface area contributed by atoms with Gasteiger partial charge in [-0.1, -0.05) is 69.0 Å². The molecule has 1 unspecified atom stereocenters. The van der Waals surface area contributed by atoms with Gasteiger partial charge in [-0.05, 0) is 78.6 Å². The van der Waals surface area contributed by atoms with Gasteiger partial charge in [0.15, 0.2) is 0 Å². The van der Waals surface area contributed by atoms with E-state index >= 15 is 0 Å². The Labute approximate surface area is 267 Å². The Morgan fingerprint density at radius 1 is 0.957 bits per heavy atom. The van der Waals surface area contributed by atoms with Crippen molar-refractivity contribution in [2.75, 3.05) is 18.5 Å². The molecule has 2 amide bonds. The van der Waals surface area contributed by atoms with Crippen LogP contribution < -0.4 is 15.4 Å². The van der Waals surface area contributed by atoms with Gasteiger partial charge in [-0.25, -0.2) is 0 Å². The van der Waals surface area contributed by atoms with Crippen LogP contribution in [0.2, 0.25) is 0 Å². The maximum atomic E-state index is 13.9. The first-order valence-corrected chi connectivity index (χ1v) is 15.9. The molecular weight excluding hydrogens is 597 g/mol. The Bertz CT molecular complexity index is 1470. The van der Waals surface area contributed by atoms with Crippen molar-refractivity contribution in [3.05, 3.63) is 94.5 Å². The number of carboxylic acid groups (broad SMARTS) is 1. The molecule has 1 saturated carbocycles. The molecule has 7 nitrogen and oxygen atoms in total. The summed E-state index contributed by atoms with van der Waals surface area (Å²) < 4.78 is 47.2. The Kier molecular flexibility index (Phi) is 12.2. The van der Waals surface area contributed by atoms with Gasteiger partial charge in [0.25, 0.3) is 5.91 Å². The number of hydrogen-bond donors (Lipinski definition) is 3. The normalized spacial score (nSPS) is 14.3. The second-order valence-corrected chi connectivity index (χ2v) is 11.8. The minimum Gasteiger partial charge on any atom is -0.493 e. The lowest BCUT2D eigenvalue weighted by Gasteiger charge is -2.23. The second kappa shape index (κ2) is 16.3. The zero-order valence-electron chi connectivity index (χ0n) is 26.0. The third-order valence-corrected chi connectivity index (χ3v) is 8.32. The Hall–Kier alpha value is -4.34. The maximum absolute atomic E-state index is 13.9. The number of amides is 2. The van der Waals surface area contributed by atoms with E-state index in [1.165, 1.54) is 37.0 Å². The number of hydrogen-bond acceptors (Lipinski definition) is 4. The Morgan fingerprint density at radius 3 is 2.28 bits per heavy atom. The summed E-state index contributed by atoms with van der Waals surface area (Å²) in [7, 11) is 0. The number of nitrogens with one attached hydrogen (secondary N) is 2. The highest BCUT2D eigenvalue weighted by Gasteiger charge is 2.35. The fraction of sp³-hybridized carbons (Fsp3) is 0.417. The molecule has 0 aliphatic heterocycles. The number of ether oxygens (including phenoxy) is 1. The number of rotatable bonds is 14. The van der Waals surface area contributed by atoms with Crippen molar-refractivity contribution in [1.82, 2.24) is 5.32 Å². The number of carbonyl (C=O) groups excluding carboxylic acids is 2. The van der Waals surface area contributed by atoms with Crippen LogP contribution in [-0.4, -0.2) is 36.0 Å². The van der Waals surface area contributed by atoms with Gasteiger partial charge < -0.3 is 20.5 Å². The van der Waals surface area contributed by atoms with Crippen LogP contribution in [0.3, 0.4) is 0 Å². The number of alkyl halides is 3. The predicted octanol–water partition coefficient (Wildman–Crippen LogP) is 8.10. The van der Waals surface area contributed by atoms with Crippen LogP contribution in [0.15, 0.2) is 66.7 Å². The summed E-state index contributed by atoms with van der Waals surface area (Å²) in [5, 5.41) is 14.0. The molecule has 1 fully saturated rings. The average Bonchev–Trinajstić information content (AvgIpc) is 3.04. The Balaban J connectivity index is 1.56. The van der Waals surface area contributed by atoms with E-state index in [1.807, 2.05) is 31.2 Å². The predicted molar refractivity (Wildman–Crippen MR) is 170 cm³/mol. The molecule has 3 aromatic rings. The zero-order valence-corrected chi connectivity index (χ0v) is 26.0. The lowest BCUT2D eigenvalue weighted by atomic mass is 9.83. The zero-order chi connectivity index (χ0) is 33.1. The van der Waals surface area contributed by atoms with E-state index in [-0.39, 0.29) is 37.4 Å². The highest BCUT2D eigenvalue weighted by atomic mass is 19.4. The van der Waals surface area contributed by atoms with Gasteiger partial charge in [-0.15, -0.1) is 0 Å². The first-order valence-electron chi connectivity index (χ1n) is 15.9. The topological polar surface area (TPSA) is 105 Å². The molecule has 3 N–H and O–H groups in total. The molecule has 1 aliphatic rings.